The summed E-state index contributed by atoms with van der Waals surface area (Å²) in [4.78, 5) is 46.1. The SMILES string of the molecule is CCCCCCCC/C=C\CCCCCCCCCC(=O)OCC(O)COP(=O)(O)OCC(NC(=O)CCCCCCCCCCCCCCCCCCCCCCC)C(=O)O. The van der Waals surface area contributed by atoms with Gasteiger partial charge >= 0.3 is 19.8 Å². The van der Waals surface area contributed by atoms with Crippen molar-refractivity contribution in [1.29, 1.82) is 0 Å². The van der Waals surface area contributed by atoms with Gasteiger partial charge in [-0.15, -0.1) is 0 Å². The van der Waals surface area contributed by atoms with E-state index in [4.69, 9.17) is 13.8 Å². The van der Waals surface area contributed by atoms with Crippen LogP contribution in [-0.2, 0) is 32.7 Å². The first-order chi connectivity index (χ1) is 30.1. The fraction of sp³-hybridized carbons (Fsp3) is 0.900. The third-order valence-corrected chi connectivity index (χ3v) is 12.5. The van der Waals surface area contributed by atoms with Crippen molar-refractivity contribution in [2.45, 2.75) is 270 Å². The molecule has 0 aromatic heterocycles. The molecule has 0 bridgehead atoms. The van der Waals surface area contributed by atoms with Gasteiger partial charge in [-0.25, -0.2) is 9.36 Å². The standard InChI is InChI=1S/C50H96NO10P/c1-3-5-7-9-11-13-15-17-19-21-22-23-24-26-27-29-31-33-35-37-39-41-48(53)51-47(50(55)56)45-61-62(57,58)60-44-46(52)43-59-49(54)42-40-38-36-34-32-30-28-25-20-18-16-14-12-10-8-6-4-2/h18,20,46-47,52H,3-17,19,21-45H2,1-2H3,(H,51,53)(H,55,56)(H,57,58)/b20-18-. The Bertz CT molecular complexity index is 1110. The number of carbonyl (C=O) groups is 3. The smallest absolute Gasteiger partial charge is 0.472 e. The number of carboxylic acids is 1. The number of nitrogens with one attached hydrogen (secondary N) is 1. The summed E-state index contributed by atoms with van der Waals surface area (Å²) in [5.74, 6) is -2.36. The van der Waals surface area contributed by atoms with Gasteiger partial charge in [0, 0.05) is 12.8 Å². The normalized spacial score (nSPS) is 13.6. The van der Waals surface area contributed by atoms with Gasteiger partial charge in [0.15, 0.2) is 6.04 Å². The van der Waals surface area contributed by atoms with E-state index in [0.717, 1.165) is 44.9 Å². The highest BCUT2D eigenvalue weighted by Gasteiger charge is 2.28. The topological polar surface area (TPSA) is 169 Å². The number of unbranched alkanes of at least 4 members (excludes halogenated alkanes) is 33. The van der Waals surface area contributed by atoms with Crippen molar-refractivity contribution in [3.8, 4) is 0 Å². The van der Waals surface area contributed by atoms with Crippen molar-refractivity contribution in [3.05, 3.63) is 12.2 Å². The summed E-state index contributed by atoms with van der Waals surface area (Å²) in [7, 11) is -4.76. The molecule has 1 amide bonds. The summed E-state index contributed by atoms with van der Waals surface area (Å²) in [5.41, 5.74) is 0. The largest absolute Gasteiger partial charge is 0.480 e. The molecule has 0 rings (SSSR count). The summed E-state index contributed by atoms with van der Waals surface area (Å²) < 4.78 is 26.9. The molecule has 0 saturated heterocycles. The fourth-order valence-corrected chi connectivity index (χ4v) is 8.32. The molecule has 0 aliphatic rings. The number of aliphatic carboxylic acids is 1. The number of aliphatic hydroxyl groups excluding tert-OH is 1. The van der Waals surface area contributed by atoms with Crippen LogP contribution in [0.2, 0.25) is 0 Å². The molecular weight excluding hydrogens is 806 g/mol. The Morgan fingerprint density at radius 2 is 0.839 bits per heavy atom. The number of esters is 1. The minimum Gasteiger partial charge on any atom is -0.480 e. The third-order valence-electron chi connectivity index (χ3n) is 11.6. The van der Waals surface area contributed by atoms with E-state index in [2.05, 4.69) is 31.3 Å². The number of carbonyl (C=O) groups excluding carboxylic acids is 2. The molecule has 0 saturated carbocycles. The van der Waals surface area contributed by atoms with Gasteiger partial charge in [0.1, 0.15) is 12.7 Å². The second-order valence-corrected chi connectivity index (χ2v) is 19.2. The van der Waals surface area contributed by atoms with Gasteiger partial charge in [-0.1, -0.05) is 219 Å². The predicted molar refractivity (Wildman–Crippen MR) is 254 cm³/mol. The Morgan fingerprint density at radius 3 is 1.23 bits per heavy atom. The molecule has 0 spiro atoms. The van der Waals surface area contributed by atoms with Gasteiger partial charge in [-0.05, 0) is 38.5 Å². The quantitative estimate of drug-likeness (QED) is 0.0200. The van der Waals surface area contributed by atoms with Crippen LogP contribution in [0, 0.1) is 0 Å². The zero-order chi connectivity index (χ0) is 45.6. The lowest BCUT2D eigenvalue weighted by molar-refractivity contribution is -0.147. The number of amides is 1. The monoisotopic (exact) mass is 902 g/mol. The number of rotatable bonds is 49. The van der Waals surface area contributed by atoms with Crippen molar-refractivity contribution < 1.29 is 47.8 Å². The van der Waals surface area contributed by atoms with Crippen molar-refractivity contribution >= 4 is 25.7 Å². The van der Waals surface area contributed by atoms with Crippen LogP contribution < -0.4 is 5.32 Å². The summed E-state index contributed by atoms with van der Waals surface area (Å²) in [5, 5.41) is 21.9. The van der Waals surface area contributed by atoms with E-state index < -0.39 is 57.6 Å². The van der Waals surface area contributed by atoms with Crippen LogP contribution in [0.5, 0.6) is 0 Å². The molecule has 3 unspecified atom stereocenters. The Kier molecular flexibility index (Phi) is 44.5. The number of hydrogen-bond donors (Lipinski definition) is 4. The molecule has 0 aliphatic carbocycles. The van der Waals surface area contributed by atoms with Crippen LogP contribution >= 0.6 is 7.82 Å². The molecule has 366 valence electrons. The predicted octanol–water partition coefficient (Wildman–Crippen LogP) is 14.0. The van der Waals surface area contributed by atoms with Gasteiger partial charge in [0.25, 0.3) is 0 Å². The lowest BCUT2D eigenvalue weighted by Crippen LogP contribution is -2.43. The maximum atomic E-state index is 12.4. The fourth-order valence-electron chi connectivity index (χ4n) is 7.55. The second kappa shape index (κ2) is 45.8. The van der Waals surface area contributed by atoms with E-state index in [1.807, 2.05) is 0 Å². The number of hydrogen-bond acceptors (Lipinski definition) is 8. The summed E-state index contributed by atoms with van der Waals surface area (Å²) in [6, 6.07) is -1.54. The Hall–Kier alpha value is -1.78. The van der Waals surface area contributed by atoms with Crippen LogP contribution in [0.3, 0.4) is 0 Å². The first-order valence-electron chi connectivity index (χ1n) is 25.7. The van der Waals surface area contributed by atoms with E-state index >= 15 is 0 Å². The van der Waals surface area contributed by atoms with Crippen molar-refractivity contribution in [2.24, 2.45) is 0 Å². The van der Waals surface area contributed by atoms with Gasteiger partial charge < -0.3 is 25.2 Å². The summed E-state index contributed by atoms with van der Waals surface area (Å²) in [6.45, 7) is 2.64. The van der Waals surface area contributed by atoms with Crippen LogP contribution in [0.4, 0.5) is 0 Å². The molecule has 0 aromatic rings. The molecule has 12 heteroatoms. The Morgan fingerprint density at radius 1 is 0.500 bits per heavy atom. The van der Waals surface area contributed by atoms with E-state index in [0.29, 0.717) is 12.8 Å². The van der Waals surface area contributed by atoms with Crippen molar-refractivity contribution in [3.63, 3.8) is 0 Å². The minimum atomic E-state index is -4.76. The average Bonchev–Trinajstić information content (AvgIpc) is 3.25. The van der Waals surface area contributed by atoms with E-state index in [9.17, 15) is 34.1 Å². The lowest BCUT2D eigenvalue weighted by atomic mass is 10.0. The lowest BCUT2D eigenvalue weighted by Gasteiger charge is -2.18. The molecule has 4 N–H and O–H groups in total. The Balaban J connectivity index is 3.80. The summed E-state index contributed by atoms with van der Waals surface area (Å²) in [6.07, 6.45) is 48.0. The molecule has 0 aliphatic heterocycles. The number of phosphoric acid groups is 1. The number of phosphoric ester groups is 1. The molecule has 0 aromatic carbocycles. The second-order valence-electron chi connectivity index (χ2n) is 17.7. The highest BCUT2D eigenvalue weighted by molar-refractivity contribution is 7.47. The van der Waals surface area contributed by atoms with Crippen LogP contribution in [0.15, 0.2) is 12.2 Å². The molecule has 11 nitrogen and oxygen atoms in total. The molecule has 62 heavy (non-hydrogen) atoms. The van der Waals surface area contributed by atoms with E-state index in [1.54, 1.807) is 0 Å². The van der Waals surface area contributed by atoms with E-state index in [-0.39, 0.29) is 12.8 Å². The third kappa shape index (κ3) is 44.8. The number of ether oxygens (including phenoxy) is 1. The first kappa shape index (κ1) is 60.2. The van der Waals surface area contributed by atoms with Gasteiger partial charge in [0.05, 0.1) is 13.2 Å². The van der Waals surface area contributed by atoms with Crippen LogP contribution in [-0.4, -0.2) is 64.9 Å². The van der Waals surface area contributed by atoms with Crippen LogP contribution in [0.25, 0.3) is 0 Å². The number of carboxylic acid groups (broad SMARTS) is 1. The van der Waals surface area contributed by atoms with Gasteiger partial charge in [-0.3, -0.25) is 18.6 Å². The highest BCUT2D eigenvalue weighted by Crippen LogP contribution is 2.43. The minimum absolute atomic E-state index is 0.151. The molecular formula is C50H96NO10P. The maximum absolute atomic E-state index is 12.4. The zero-order valence-electron chi connectivity index (χ0n) is 39.9. The number of aliphatic hydroxyl groups is 1. The Labute approximate surface area is 379 Å². The number of allylic oxidation sites excluding steroid dienone is 2. The van der Waals surface area contributed by atoms with Gasteiger partial charge in [-0.2, -0.15) is 0 Å². The zero-order valence-corrected chi connectivity index (χ0v) is 40.8. The first-order valence-corrected chi connectivity index (χ1v) is 27.2. The van der Waals surface area contributed by atoms with Crippen molar-refractivity contribution in [1.82, 2.24) is 5.32 Å². The summed E-state index contributed by atoms with van der Waals surface area (Å²) >= 11 is 0. The molecule has 0 heterocycles. The highest BCUT2D eigenvalue weighted by atomic mass is 31.2. The average molecular weight is 902 g/mol. The van der Waals surface area contributed by atoms with Crippen molar-refractivity contribution in [2.75, 3.05) is 19.8 Å². The molecule has 0 radical (unpaired) electrons. The van der Waals surface area contributed by atoms with Crippen LogP contribution in [0.1, 0.15) is 258 Å². The molecule has 0 fully saturated rings. The molecule has 3 atom stereocenters. The van der Waals surface area contributed by atoms with E-state index in [1.165, 1.54) is 173 Å². The maximum Gasteiger partial charge on any atom is 0.472 e. The van der Waals surface area contributed by atoms with Gasteiger partial charge in [0.2, 0.25) is 5.91 Å².